The standard InChI is InChI=1S/C11H17F3N4/c1-7(15)2-4-9-16-17-10-5-3-8(6-18(9)10)11(12,13)14/h7-8H,2-6,15H2,1H3. The van der Waals surface area contributed by atoms with E-state index < -0.39 is 12.1 Å². The molecule has 7 heteroatoms. The molecule has 0 bridgehead atoms. The minimum atomic E-state index is -4.14. The van der Waals surface area contributed by atoms with Crippen LogP contribution in [0.25, 0.3) is 0 Å². The lowest BCUT2D eigenvalue weighted by Gasteiger charge is -2.26. The van der Waals surface area contributed by atoms with E-state index in [9.17, 15) is 13.2 Å². The van der Waals surface area contributed by atoms with Crippen molar-refractivity contribution in [3.63, 3.8) is 0 Å². The van der Waals surface area contributed by atoms with E-state index in [0.29, 0.717) is 30.9 Å². The maximum atomic E-state index is 12.7. The summed E-state index contributed by atoms with van der Waals surface area (Å²) in [5.41, 5.74) is 5.64. The third kappa shape index (κ3) is 2.82. The van der Waals surface area contributed by atoms with Gasteiger partial charge in [-0.05, 0) is 19.8 Å². The Hall–Kier alpha value is -1.11. The second-order valence-corrected chi connectivity index (χ2v) is 4.94. The molecule has 0 radical (unpaired) electrons. The van der Waals surface area contributed by atoms with Crippen molar-refractivity contribution >= 4 is 0 Å². The van der Waals surface area contributed by atoms with Crippen LogP contribution in [-0.2, 0) is 19.4 Å². The van der Waals surface area contributed by atoms with Gasteiger partial charge in [0, 0.05) is 25.4 Å². The smallest absolute Gasteiger partial charge is 0.328 e. The van der Waals surface area contributed by atoms with Crippen LogP contribution in [0.3, 0.4) is 0 Å². The molecule has 18 heavy (non-hydrogen) atoms. The van der Waals surface area contributed by atoms with Crippen LogP contribution in [0, 0.1) is 5.92 Å². The number of alkyl halides is 3. The van der Waals surface area contributed by atoms with E-state index in [4.69, 9.17) is 5.73 Å². The van der Waals surface area contributed by atoms with E-state index in [1.54, 1.807) is 4.57 Å². The maximum Gasteiger partial charge on any atom is 0.393 e. The van der Waals surface area contributed by atoms with Gasteiger partial charge >= 0.3 is 6.18 Å². The molecule has 2 unspecified atom stereocenters. The van der Waals surface area contributed by atoms with Crippen LogP contribution in [0.2, 0.25) is 0 Å². The molecule has 1 aliphatic rings. The normalized spacial score (nSPS) is 21.7. The van der Waals surface area contributed by atoms with Crippen molar-refractivity contribution in [3.8, 4) is 0 Å². The van der Waals surface area contributed by atoms with Crippen LogP contribution < -0.4 is 5.73 Å². The minimum absolute atomic E-state index is 0.0138. The van der Waals surface area contributed by atoms with Gasteiger partial charge in [0.2, 0.25) is 0 Å². The van der Waals surface area contributed by atoms with E-state index >= 15 is 0 Å². The third-order valence-corrected chi connectivity index (χ3v) is 3.31. The summed E-state index contributed by atoms with van der Waals surface area (Å²) < 4.78 is 39.8. The van der Waals surface area contributed by atoms with Crippen LogP contribution in [0.5, 0.6) is 0 Å². The zero-order chi connectivity index (χ0) is 13.3. The summed E-state index contributed by atoms with van der Waals surface area (Å²) in [4.78, 5) is 0. The molecular formula is C11H17F3N4. The predicted molar refractivity (Wildman–Crippen MR) is 59.9 cm³/mol. The Balaban J connectivity index is 2.12. The molecule has 1 aromatic rings. The fourth-order valence-electron chi connectivity index (χ4n) is 2.19. The van der Waals surface area contributed by atoms with Crippen molar-refractivity contribution in [2.24, 2.45) is 11.7 Å². The number of rotatable bonds is 3. The second kappa shape index (κ2) is 4.87. The number of nitrogens with two attached hydrogens (primary N) is 1. The Morgan fingerprint density at radius 3 is 2.78 bits per heavy atom. The zero-order valence-electron chi connectivity index (χ0n) is 10.2. The summed E-state index contributed by atoms with van der Waals surface area (Å²) in [5, 5.41) is 7.93. The van der Waals surface area contributed by atoms with E-state index in [-0.39, 0.29) is 19.0 Å². The van der Waals surface area contributed by atoms with E-state index in [1.165, 1.54) is 0 Å². The molecule has 0 aromatic carbocycles. The molecule has 2 atom stereocenters. The van der Waals surface area contributed by atoms with Gasteiger partial charge in [0.1, 0.15) is 11.6 Å². The third-order valence-electron chi connectivity index (χ3n) is 3.31. The van der Waals surface area contributed by atoms with Gasteiger partial charge in [0.25, 0.3) is 0 Å². The summed E-state index contributed by atoms with van der Waals surface area (Å²) in [5.74, 6) is 0.00137. The molecule has 2 heterocycles. The van der Waals surface area contributed by atoms with Crippen molar-refractivity contribution in [2.75, 3.05) is 0 Å². The van der Waals surface area contributed by atoms with Gasteiger partial charge in [-0.2, -0.15) is 13.2 Å². The molecule has 2 rings (SSSR count). The lowest BCUT2D eigenvalue weighted by Crippen LogP contribution is -2.33. The highest BCUT2D eigenvalue weighted by molar-refractivity contribution is 5.01. The number of hydrogen-bond donors (Lipinski definition) is 1. The summed E-state index contributed by atoms with van der Waals surface area (Å²) >= 11 is 0. The average Bonchev–Trinajstić information content (AvgIpc) is 2.67. The van der Waals surface area contributed by atoms with Crippen LogP contribution in [0.15, 0.2) is 0 Å². The fourth-order valence-corrected chi connectivity index (χ4v) is 2.19. The largest absolute Gasteiger partial charge is 0.393 e. The van der Waals surface area contributed by atoms with Gasteiger partial charge in [0.05, 0.1) is 5.92 Å². The Labute approximate surface area is 103 Å². The highest BCUT2D eigenvalue weighted by atomic mass is 19.4. The molecule has 0 aliphatic carbocycles. The Bertz CT molecular complexity index is 411. The molecule has 0 saturated carbocycles. The van der Waals surface area contributed by atoms with E-state index in [0.717, 1.165) is 0 Å². The molecule has 0 saturated heterocycles. The highest BCUT2D eigenvalue weighted by Crippen LogP contribution is 2.34. The topological polar surface area (TPSA) is 56.7 Å². The number of aryl methyl sites for hydroxylation is 2. The van der Waals surface area contributed by atoms with Gasteiger partial charge < -0.3 is 10.3 Å². The summed E-state index contributed by atoms with van der Waals surface area (Å²) in [7, 11) is 0. The number of nitrogens with zero attached hydrogens (tertiary/aromatic N) is 3. The maximum absolute atomic E-state index is 12.7. The SMILES string of the molecule is CC(N)CCc1nnc2n1CC(C(F)(F)F)CC2. The predicted octanol–water partition coefficient (Wildman–Crippen LogP) is 1.68. The lowest BCUT2D eigenvalue weighted by atomic mass is 9.98. The van der Waals surface area contributed by atoms with Gasteiger partial charge in [-0.3, -0.25) is 0 Å². The van der Waals surface area contributed by atoms with E-state index in [1.807, 2.05) is 6.92 Å². The van der Waals surface area contributed by atoms with Crippen LogP contribution in [0.1, 0.15) is 31.4 Å². The Kier molecular flexibility index (Phi) is 3.61. The van der Waals surface area contributed by atoms with Crippen LogP contribution in [0.4, 0.5) is 13.2 Å². The molecule has 0 fully saturated rings. The summed E-state index contributed by atoms with van der Waals surface area (Å²) in [6.07, 6.45) is -2.41. The van der Waals surface area contributed by atoms with Crippen molar-refractivity contribution in [1.82, 2.24) is 14.8 Å². The molecule has 0 spiro atoms. The molecule has 2 N–H and O–H groups in total. The number of fused-ring (bicyclic) bond motifs is 1. The van der Waals surface area contributed by atoms with Crippen LogP contribution >= 0.6 is 0 Å². The highest BCUT2D eigenvalue weighted by Gasteiger charge is 2.42. The summed E-state index contributed by atoms with van der Waals surface area (Å²) in [6, 6.07) is 0.0138. The van der Waals surface area contributed by atoms with E-state index in [2.05, 4.69) is 10.2 Å². The zero-order valence-corrected chi connectivity index (χ0v) is 10.2. The van der Waals surface area contributed by atoms with Crippen LogP contribution in [-0.4, -0.2) is 27.0 Å². The van der Waals surface area contributed by atoms with Gasteiger partial charge in [0.15, 0.2) is 0 Å². The molecular weight excluding hydrogens is 245 g/mol. The number of hydrogen-bond acceptors (Lipinski definition) is 3. The molecule has 0 amide bonds. The second-order valence-electron chi connectivity index (χ2n) is 4.94. The number of halogens is 3. The first-order valence-corrected chi connectivity index (χ1v) is 6.11. The monoisotopic (exact) mass is 262 g/mol. The Morgan fingerprint density at radius 1 is 1.44 bits per heavy atom. The average molecular weight is 262 g/mol. The van der Waals surface area contributed by atoms with Gasteiger partial charge in [-0.15, -0.1) is 10.2 Å². The fraction of sp³-hybridized carbons (Fsp3) is 0.818. The first-order chi connectivity index (χ1) is 8.38. The van der Waals surface area contributed by atoms with Gasteiger partial charge in [-0.1, -0.05) is 0 Å². The molecule has 1 aliphatic heterocycles. The first kappa shape index (κ1) is 13.3. The number of aromatic nitrogens is 3. The van der Waals surface area contributed by atoms with Crippen molar-refractivity contribution < 1.29 is 13.2 Å². The quantitative estimate of drug-likeness (QED) is 0.901. The van der Waals surface area contributed by atoms with Crippen molar-refractivity contribution in [2.45, 2.75) is 51.4 Å². The summed E-state index contributed by atoms with van der Waals surface area (Å²) in [6.45, 7) is 1.81. The van der Waals surface area contributed by atoms with Crippen molar-refractivity contribution in [3.05, 3.63) is 11.6 Å². The first-order valence-electron chi connectivity index (χ1n) is 6.11. The molecule has 4 nitrogen and oxygen atoms in total. The lowest BCUT2D eigenvalue weighted by molar-refractivity contribution is -0.182. The van der Waals surface area contributed by atoms with Gasteiger partial charge in [-0.25, -0.2) is 0 Å². The minimum Gasteiger partial charge on any atom is -0.328 e. The van der Waals surface area contributed by atoms with Crippen molar-refractivity contribution in [1.29, 1.82) is 0 Å². The Morgan fingerprint density at radius 2 is 2.17 bits per heavy atom. The molecule has 1 aromatic heterocycles. The molecule has 102 valence electrons.